The van der Waals surface area contributed by atoms with Gasteiger partial charge in [-0.15, -0.1) is 0 Å². The molecule has 4 aromatic heterocycles. The van der Waals surface area contributed by atoms with Crippen LogP contribution in [0.1, 0.15) is 19.8 Å². The first-order chi connectivity index (χ1) is 14.0. The van der Waals surface area contributed by atoms with Crippen LogP contribution in [-0.4, -0.2) is 53.1 Å². The molecule has 2 atom stereocenters. The van der Waals surface area contributed by atoms with Crippen LogP contribution in [0.2, 0.25) is 0 Å². The highest BCUT2D eigenvalue weighted by Gasteiger charge is 2.28. The van der Waals surface area contributed by atoms with Gasteiger partial charge in [-0.25, -0.2) is 9.37 Å². The van der Waals surface area contributed by atoms with Gasteiger partial charge in [0.2, 0.25) is 0 Å². The fraction of sp³-hybridized carbons (Fsp3) is 0.368. The summed E-state index contributed by atoms with van der Waals surface area (Å²) in [5.41, 5.74) is 3.94. The monoisotopic (exact) mass is 413 g/mol. The minimum atomic E-state index is -0.418. The lowest BCUT2D eigenvalue weighted by molar-refractivity contribution is 0.131. The molecule has 150 valence electrons. The van der Waals surface area contributed by atoms with Gasteiger partial charge in [0, 0.05) is 25.8 Å². The lowest BCUT2D eigenvalue weighted by atomic mass is 9.99. The molecule has 8 nitrogen and oxygen atoms in total. The van der Waals surface area contributed by atoms with Crippen molar-refractivity contribution in [2.75, 3.05) is 11.4 Å². The molecule has 0 radical (unpaired) electrons. The summed E-state index contributed by atoms with van der Waals surface area (Å²) in [6.07, 6.45) is 3.94. The lowest BCUT2D eigenvalue weighted by Crippen LogP contribution is -2.42. The third kappa shape index (κ3) is 2.99. The van der Waals surface area contributed by atoms with Crippen LogP contribution in [0.15, 0.2) is 24.5 Å². The van der Waals surface area contributed by atoms with Crippen LogP contribution in [0.3, 0.4) is 0 Å². The van der Waals surface area contributed by atoms with E-state index in [0.29, 0.717) is 42.0 Å². The predicted molar refractivity (Wildman–Crippen MR) is 109 cm³/mol. The lowest BCUT2D eigenvalue weighted by Gasteiger charge is -2.37. The van der Waals surface area contributed by atoms with E-state index < -0.39 is 5.82 Å². The molecule has 29 heavy (non-hydrogen) atoms. The second kappa shape index (κ2) is 6.89. The van der Waals surface area contributed by atoms with Crippen LogP contribution in [0.4, 0.5) is 10.1 Å². The van der Waals surface area contributed by atoms with Crippen molar-refractivity contribution < 1.29 is 9.50 Å². The van der Waals surface area contributed by atoms with Crippen molar-refractivity contribution in [1.29, 1.82) is 0 Å². The number of rotatable bonds is 3. The van der Waals surface area contributed by atoms with E-state index in [1.165, 1.54) is 22.4 Å². The summed E-state index contributed by atoms with van der Waals surface area (Å²) in [7, 11) is 1.70. The average Bonchev–Trinajstić information content (AvgIpc) is 3.41. The number of H-pyrrole nitrogens is 1. The van der Waals surface area contributed by atoms with Crippen LogP contribution in [0.25, 0.3) is 33.0 Å². The Labute approximate surface area is 170 Å². The summed E-state index contributed by atoms with van der Waals surface area (Å²) in [4.78, 5) is 7.03. The summed E-state index contributed by atoms with van der Waals surface area (Å²) in [6, 6.07) is 3.89. The standard InChI is InChI=1S/C19H20FN7OS/c1-10-7-11(28)4-6-27(10)15-8-14(18-12(20)9-22-26(18)2)23-17-16(25-29-19(15)17)13-3-5-21-24-13/h3,5,8-11,28H,4,6-7H2,1-2H3,(H,21,24)/t10-,11-/m1/s1. The van der Waals surface area contributed by atoms with Crippen LogP contribution >= 0.6 is 11.5 Å². The number of aromatic amines is 1. The number of aliphatic hydroxyl groups is 1. The molecule has 5 heterocycles. The molecule has 0 bridgehead atoms. The van der Waals surface area contributed by atoms with Crippen molar-refractivity contribution in [1.82, 2.24) is 29.3 Å². The van der Waals surface area contributed by atoms with Crippen LogP contribution in [-0.2, 0) is 7.05 Å². The van der Waals surface area contributed by atoms with Crippen molar-refractivity contribution >= 4 is 27.4 Å². The number of hydrogen-bond donors (Lipinski definition) is 2. The molecule has 5 rings (SSSR count). The smallest absolute Gasteiger partial charge is 0.170 e. The summed E-state index contributed by atoms with van der Waals surface area (Å²) in [6.45, 7) is 2.81. The Bertz CT molecular complexity index is 1150. The van der Waals surface area contributed by atoms with E-state index >= 15 is 0 Å². The molecular formula is C19H20FN7OS. The van der Waals surface area contributed by atoms with Gasteiger partial charge in [-0.3, -0.25) is 9.78 Å². The quantitative estimate of drug-likeness (QED) is 0.536. The fourth-order valence-corrected chi connectivity index (χ4v) is 4.87. The predicted octanol–water partition coefficient (Wildman–Crippen LogP) is 2.97. The summed E-state index contributed by atoms with van der Waals surface area (Å²) in [5.74, 6) is -0.418. The largest absolute Gasteiger partial charge is 0.393 e. The van der Waals surface area contributed by atoms with Crippen molar-refractivity contribution in [2.45, 2.75) is 31.9 Å². The number of fused-ring (bicyclic) bond motifs is 1. The number of aryl methyl sites for hydroxylation is 1. The van der Waals surface area contributed by atoms with Crippen LogP contribution in [0.5, 0.6) is 0 Å². The van der Waals surface area contributed by atoms with Gasteiger partial charge in [-0.2, -0.15) is 14.6 Å². The highest BCUT2D eigenvalue weighted by Crippen LogP contribution is 2.40. The molecule has 0 spiro atoms. The number of aromatic nitrogens is 6. The van der Waals surface area contributed by atoms with Crippen LogP contribution < -0.4 is 4.90 Å². The fourth-order valence-electron chi connectivity index (χ4n) is 4.01. The molecule has 4 aromatic rings. The maximum atomic E-state index is 14.5. The second-order valence-corrected chi connectivity index (χ2v) is 8.16. The van der Waals surface area contributed by atoms with Crippen molar-refractivity contribution in [3.05, 3.63) is 30.3 Å². The van der Waals surface area contributed by atoms with E-state index in [4.69, 9.17) is 4.98 Å². The molecule has 2 N–H and O–H groups in total. The number of aliphatic hydroxyl groups excluding tert-OH is 1. The highest BCUT2D eigenvalue weighted by atomic mass is 32.1. The number of nitrogens with one attached hydrogen (secondary N) is 1. The molecule has 10 heteroatoms. The Morgan fingerprint density at radius 2 is 2.24 bits per heavy atom. The Morgan fingerprint density at radius 1 is 1.38 bits per heavy atom. The molecule has 0 aliphatic carbocycles. The molecule has 1 aliphatic heterocycles. The minimum Gasteiger partial charge on any atom is -0.393 e. The Kier molecular flexibility index (Phi) is 4.32. The Hall–Kier alpha value is -2.85. The first-order valence-corrected chi connectivity index (χ1v) is 10.2. The molecule has 0 amide bonds. The minimum absolute atomic E-state index is 0.145. The average molecular weight is 413 g/mol. The van der Waals surface area contributed by atoms with Gasteiger partial charge in [0.05, 0.1) is 34.1 Å². The van der Waals surface area contributed by atoms with Crippen molar-refractivity contribution in [3.8, 4) is 22.8 Å². The van der Waals surface area contributed by atoms with E-state index in [9.17, 15) is 9.50 Å². The summed E-state index contributed by atoms with van der Waals surface area (Å²) < 4.78 is 21.5. The molecule has 1 fully saturated rings. The zero-order chi connectivity index (χ0) is 20.1. The van der Waals surface area contributed by atoms with Gasteiger partial charge in [-0.1, -0.05) is 0 Å². The Balaban J connectivity index is 1.75. The molecule has 0 unspecified atom stereocenters. The molecule has 1 saturated heterocycles. The van der Waals surface area contributed by atoms with Gasteiger partial charge in [0.15, 0.2) is 5.82 Å². The first kappa shape index (κ1) is 18.2. The highest BCUT2D eigenvalue weighted by molar-refractivity contribution is 7.14. The third-order valence-corrected chi connectivity index (χ3v) is 6.32. The number of hydrogen-bond acceptors (Lipinski definition) is 7. The Morgan fingerprint density at radius 3 is 2.93 bits per heavy atom. The van der Waals surface area contributed by atoms with Gasteiger partial charge in [-0.05, 0) is 43.4 Å². The summed E-state index contributed by atoms with van der Waals surface area (Å²) >= 11 is 1.37. The van der Waals surface area contributed by atoms with Crippen molar-refractivity contribution in [3.63, 3.8) is 0 Å². The van der Waals surface area contributed by atoms with Gasteiger partial charge in [0.1, 0.15) is 16.9 Å². The van der Waals surface area contributed by atoms with Crippen LogP contribution in [0, 0.1) is 5.82 Å². The summed E-state index contributed by atoms with van der Waals surface area (Å²) in [5, 5.41) is 21.0. The van der Waals surface area contributed by atoms with E-state index in [1.54, 1.807) is 13.2 Å². The number of piperidine rings is 1. The zero-order valence-electron chi connectivity index (χ0n) is 16.0. The maximum absolute atomic E-state index is 14.5. The molecule has 1 aliphatic rings. The van der Waals surface area contributed by atoms with Gasteiger partial charge in [0.25, 0.3) is 0 Å². The first-order valence-electron chi connectivity index (χ1n) is 9.45. The normalized spacial score (nSPS) is 19.9. The zero-order valence-corrected chi connectivity index (χ0v) is 16.8. The number of anilines is 1. The molecule has 0 saturated carbocycles. The number of nitrogens with zero attached hydrogens (tertiary/aromatic N) is 6. The SMILES string of the molecule is C[C@@H]1C[C@H](O)CCN1c1cc(-c2c(F)cnn2C)nc2c(-c3ccn[nH]3)nsc12. The topological polar surface area (TPSA) is 95.7 Å². The van der Waals surface area contributed by atoms with Crippen molar-refractivity contribution in [2.24, 2.45) is 7.05 Å². The second-order valence-electron chi connectivity index (χ2n) is 7.39. The van der Waals surface area contributed by atoms with E-state index in [0.717, 1.165) is 16.1 Å². The van der Waals surface area contributed by atoms with Gasteiger partial charge < -0.3 is 10.0 Å². The van der Waals surface area contributed by atoms with Gasteiger partial charge >= 0.3 is 0 Å². The number of halogens is 1. The van der Waals surface area contributed by atoms with E-state index in [1.807, 2.05) is 12.1 Å². The third-order valence-electron chi connectivity index (χ3n) is 5.46. The van der Waals surface area contributed by atoms with E-state index in [-0.39, 0.29) is 12.1 Å². The molecule has 0 aromatic carbocycles. The number of pyridine rings is 1. The maximum Gasteiger partial charge on any atom is 0.170 e. The molecular weight excluding hydrogens is 393 g/mol. The van der Waals surface area contributed by atoms with E-state index in [2.05, 4.69) is 31.5 Å².